The number of aldehydes is 1. The zero-order valence-corrected chi connectivity index (χ0v) is 12.7. The first-order valence-corrected chi connectivity index (χ1v) is 7.53. The number of nitrogens with zero attached hydrogens (tertiary/aromatic N) is 1. The number of carbonyl (C=O) groups excluding carboxylic acids is 2. The molecule has 0 fully saturated rings. The maximum absolute atomic E-state index is 12.9. The smallest absolute Gasteiger partial charge is 0.263 e. The van der Waals surface area contributed by atoms with E-state index in [0.717, 1.165) is 16.9 Å². The summed E-state index contributed by atoms with van der Waals surface area (Å²) >= 11 is 0. The Morgan fingerprint density at radius 3 is 2.17 bits per heavy atom. The molecule has 4 nitrogen and oxygen atoms in total. The van der Waals surface area contributed by atoms with Crippen LogP contribution in [0.5, 0.6) is 0 Å². The van der Waals surface area contributed by atoms with E-state index in [0.29, 0.717) is 17.6 Å². The van der Waals surface area contributed by atoms with Gasteiger partial charge in [0.05, 0.1) is 5.70 Å². The predicted molar refractivity (Wildman–Crippen MR) is 91.7 cm³/mol. The van der Waals surface area contributed by atoms with E-state index in [4.69, 9.17) is 4.42 Å². The number of benzene rings is 2. The van der Waals surface area contributed by atoms with Crippen LogP contribution in [0.2, 0.25) is 0 Å². The number of carbonyl (C=O) groups is 2. The molecule has 0 saturated heterocycles. The van der Waals surface area contributed by atoms with Crippen LogP contribution in [0.15, 0.2) is 71.1 Å². The fourth-order valence-corrected chi connectivity index (χ4v) is 2.86. The quantitative estimate of drug-likeness (QED) is 0.679. The number of hydrogen-bond acceptors (Lipinski definition) is 3. The predicted octanol–water partition coefficient (Wildman–Crippen LogP) is 4.25. The van der Waals surface area contributed by atoms with Gasteiger partial charge in [-0.15, -0.1) is 0 Å². The summed E-state index contributed by atoms with van der Waals surface area (Å²) in [7, 11) is 0. The van der Waals surface area contributed by atoms with Crippen molar-refractivity contribution in [2.45, 2.75) is 0 Å². The highest BCUT2D eigenvalue weighted by atomic mass is 16.3. The molecule has 2 heterocycles. The van der Waals surface area contributed by atoms with Crippen LogP contribution in [0.4, 0.5) is 5.69 Å². The van der Waals surface area contributed by atoms with Gasteiger partial charge in [0.25, 0.3) is 5.91 Å². The van der Waals surface area contributed by atoms with Gasteiger partial charge in [0, 0.05) is 22.9 Å². The second-order valence-corrected chi connectivity index (χ2v) is 5.41. The van der Waals surface area contributed by atoms with Crippen LogP contribution in [-0.4, -0.2) is 12.2 Å². The molecule has 0 bridgehead atoms. The van der Waals surface area contributed by atoms with E-state index in [1.54, 1.807) is 23.1 Å². The molecule has 0 radical (unpaired) electrons. The molecule has 0 aliphatic carbocycles. The van der Waals surface area contributed by atoms with Crippen LogP contribution in [-0.2, 0) is 0 Å². The van der Waals surface area contributed by atoms with Gasteiger partial charge in [-0.25, -0.2) is 0 Å². The van der Waals surface area contributed by atoms with E-state index in [1.165, 1.54) is 0 Å². The molecule has 1 aliphatic heterocycles. The summed E-state index contributed by atoms with van der Waals surface area (Å²) < 4.78 is 5.45. The Kier molecular flexibility index (Phi) is 3.35. The van der Waals surface area contributed by atoms with Crippen molar-refractivity contribution in [2.75, 3.05) is 4.90 Å². The molecule has 0 N–H and O–H groups in total. The molecule has 0 spiro atoms. The maximum atomic E-state index is 12.9. The molecule has 116 valence electrons. The van der Waals surface area contributed by atoms with Crippen molar-refractivity contribution in [2.24, 2.45) is 0 Å². The number of rotatable bonds is 3. The number of amides is 1. The molecule has 0 unspecified atom stereocenters. The summed E-state index contributed by atoms with van der Waals surface area (Å²) in [6.45, 7) is 0. The van der Waals surface area contributed by atoms with Crippen LogP contribution in [0.1, 0.15) is 32.2 Å². The fraction of sp³-hybridized carbons (Fsp3) is 0. The van der Waals surface area contributed by atoms with Crippen molar-refractivity contribution in [3.63, 3.8) is 0 Å². The van der Waals surface area contributed by atoms with Gasteiger partial charge >= 0.3 is 0 Å². The minimum absolute atomic E-state index is 0.0785. The van der Waals surface area contributed by atoms with Crippen molar-refractivity contribution in [3.8, 4) is 0 Å². The lowest BCUT2D eigenvalue weighted by Gasteiger charge is -2.18. The largest absolute Gasteiger partial charge is 0.454 e. The Bertz CT molecular complexity index is 954. The summed E-state index contributed by atoms with van der Waals surface area (Å²) in [5.41, 5.74) is 3.01. The van der Waals surface area contributed by atoms with Gasteiger partial charge in [-0.05, 0) is 30.3 Å². The fourth-order valence-electron chi connectivity index (χ4n) is 2.86. The lowest BCUT2D eigenvalue weighted by Crippen LogP contribution is -2.22. The SMILES string of the molecule is O=Cc1ccc(/C=C2\c3ccccc3C(=O)N2c2ccccc2)o1. The highest BCUT2D eigenvalue weighted by Crippen LogP contribution is 2.37. The Morgan fingerprint density at radius 1 is 0.792 bits per heavy atom. The molecule has 1 aliphatic rings. The molecular weight excluding hydrogens is 302 g/mol. The Balaban J connectivity index is 1.89. The normalized spacial score (nSPS) is 14.9. The molecule has 24 heavy (non-hydrogen) atoms. The number of anilines is 1. The highest BCUT2D eigenvalue weighted by molar-refractivity contribution is 6.24. The minimum atomic E-state index is -0.0785. The highest BCUT2D eigenvalue weighted by Gasteiger charge is 2.33. The summed E-state index contributed by atoms with van der Waals surface area (Å²) in [6, 6.07) is 20.2. The van der Waals surface area contributed by atoms with Crippen LogP contribution >= 0.6 is 0 Å². The van der Waals surface area contributed by atoms with Gasteiger partial charge in [-0.1, -0.05) is 36.4 Å². The third-order valence-corrected chi connectivity index (χ3v) is 3.93. The Labute approximate surface area is 138 Å². The van der Waals surface area contributed by atoms with Gasteiger partial charge < -0.3 is 4.42 Å². The number of fused-ring (bicyclic) bond motifs is 1. The van der Waals surface area contributed by atoms with E-state index in [1.807, 2.05) is 54.6 Å². The van der Waals surface area contributed by atoms with E-state index < -0.39 is 0 Å². The van der Waals surface area contributed by atoms with Crippen LogP contribution in [0.25, 0.3) is 11.8 Å². The molecule has 0 atom stereocenters. The zero-order chi connectivity index (χ0) is 16.5. The van der Waals surface area contributed by atoms with Gasteiger partial charge in [-0.3, -0.25) is 14.5 Å². The summed E-state index contributed by atoms with van der Waals surface area (Å²) in [4.78, 5) is 25.3. The van der Waals surface area contributed by atoms with E-state index in [-0.39, 0.29) is 11.7 Å². The topological polar surface area (TPSA) is 50.5 Å². The average Bonchev–Trinajstić information content (AvgIpc) is 3.20. The van der Waals surface area contributed by atoms with Crippen LogP contribution in [0.3, 0.4) is 0 Å². The molecule has 4 heteroatoms. The molecule has 4 rings (SSSR count). The minimum Gasteiger partial charge on any atom is -0.454 e. The summed E-state index contributed by atoms with van der Waals surface area (Å²) in [5.74, 6) is 0.702. The van der Waals surface area contributed by atoms with E-state index in [2.05, 4.69) is 0 Å². The Morgan fingerprint density at radius 2 is 1.46 bits per heavy atom. The Hall–Kier alpha value is -3.40. The second kappa shape index (κ2) is 5.66. The summed E-state index contributed by atoms with van der Waals surface area (Å²) in [6.07, 6.45) is 2.44. The van der Waals surface area contributed by atoms with Gasteiger partial charge in [0.2, 0.25) is 0 Å². The van der Waals surface area contributed by atoms with Crippen molar-refractivity contribution in [1.29, 1.82) is 0 Å². The lowest BCUT2D eigenvalue weighted by molar-refractivity contribution is 0.101. The molecule has 1 amide bonds. The monoisotopic (exact) mass is 315 g/mol. The van der Waals surface area contributed by atoms with Crippen LogP contribution < -0.4 is 4.90 Å². The summed E-state index contributed by atoms with van der Waals surface area (Å²) in [5, 5.41) is 0. The number of hydrogen-bond donors (Lipinski definition) is 0. The van der Waals surface area contributed by atoms with Gasteiger partial charge in [-0.2, -0.15) is 0 Å². The maximum Gasteiger partial charge on any atom is 0.263 e. The van der Waals surface area contributed by atoms with Crippen LogP contribution in [0, 0.1) is 0 Å². The second-order valence-electron chi connectivity index (χ2n) is 5.41. The van der Waals surface area contributed by atoms with E-state index >= 15 is 0 Å². The van der Waals surface area contributed by atoms with Crippen molar-refractivity contribution >= 4 is 29.7 Å². The molecule has 1 aromatic heterocycles. The van der Waals surface area contributed by atoms with Crippen molar-refractivity contribution < 1.29 is 14.0 Å². The van der Waals surface area contributed by atoms with E-state index in [9.17, 15) is 9.59 Å². The first kappa shape index (κ1) is 14.2. The molecule has 2 aromatic carbocycles. The average molecular weight is 315 g/mol. The van der Waals surface area contributed by atoms with Crippen molar-refractivity contribution in [3.05, 3.63) is 89.4 Å². The molecule has 0 saturated carbocycles. The van der Waals surface area contributed by atoms with Crippen molar-refractivity contribution in [1.82, 2.24) is 0 Å². The zero-order valence-electron chi connectivity index (χ0n) is 12.7. The van der Waals surface area contributed by atoms with Gasteiger partial charge in [0.1, 0.15) is 5.76 Å². The molecular formula is C20H13NO3. The number of furan rings is 1. The molecule has 3 aromatic rings. The third-order valence-electron chi connectivity index (χ3n) is 3.93. The van der Waals surface area contributed by atoms with Gasteiger partial charge in [0.15, 0.2) is 12.0 Å². The standard InChI is InChI=1S/C20H13NO3/c22-13-16-11-10-15(24-16)12-19-17-8-4-5-9-18(17)20(23)21(19)14-6-2-1-3-7-14/h1-13H/b19-12+. The number of para-hydroxylation sites is 1. The first-order valence-electron chi connectivity index (χ1n) is 7.53. The third kappa shape index (κ3) is 2.25. The lowest BCUT2D eigenvalue weighted by atomic mass is 10.1. The first-order chi connectivity index (χ1) is 11.8.